The molecule has 1 rings (SSSR count). The molecule has 10 heavy (non-hydrogen) atoms. The normalized spacial score (nSPS) is 10.5. The molecule has 0 bridgehead atoms. The molecule has 0 aliphatic heterocycles. The number of hydrogen-bond acceptors (Lipinski definition) is 1. The van der Waals surface area contributed by atoms with Gasteiger partial charge in [-0.2, -0.15) is 0 Å². The number of alkyl halides is 2. The van der Waals surface area contributed by atoms with Gasteiger partial charge >= 0.3 is 66.2 Å². The van der Waals surface area contributed by atoms with Crippen LogP contribution >= 0.6 is 0 Å². The van der Waals surface area contributed by atoms with Crippen molar-refractivity contribution in [2.24, 2.45) is 0 Å². The molecule has 0 saturated heterocycles. The van der Waals surface area contributed by atoms with Crippen molar-refractivity contribution in [3.05, 3.63) is 24.0 Å². The molecule has 0 aromatic carbocycles. The summed E-state index contributed by atoms with van der Waals surface area (Å²) < 4.78 is 24.6. The van der Waals surface area contributed by atoms with Crippen molar-refractivity contribution in [3.8, 4) is 0 Å². The average molecular weight is 135 g/mol. The van der Waals surface area contributed by atoms with Gasteiger partial charge in [-0.15, -0.1) is 0 Å². The predicted octanol–water partition coefficient (Wildman–Crippen LogP) is 0.813. The first kappa shape index (κ1) is 7.71. The molecular formula is C6H4F2LiN. The second kappa shape index (κ2) is 3.13. The Morgan fingerprint density at radius 1 is 1.40 bits per heavy atom. The van der Waals surface area contributed by atoms with Gasteiger partial charge in [-0.3, -0.25) is 0 Å². The van der Waals surface area contributed by atoms with E-state index in [4.69, 9.17) is 0 Å². The van der Waals surface area contributed by atoms with Gasteiger partial charge in [-0.1, -0.05) is 0 Å². The molecule has 0 spiro atoms. The van der Waals surface area contributed by atoms with Crippen LogP contribution in [0.25, 0.3) is 0 Å². The van der Waals surface area contributed by atoms with E-state index < -0.39 is 6.43 Å². The number of nitrogens with zero attached hydrogens (tertiary/aromatic N) is 1. The maximum absolute atomic E-state index is 11.8. The standard InChI is InChI=1S/C6H4F2N.Li/c7-6(8)5-3-1-2-4-9-5;/h1,3-4,6H;. The molecule has 1 heterocycles. The molecule has 0 unspecified atom stereocenters. The van der Waals surface area contributed by atoms with Gasteiger partial charge < -0.3 is 0 Å². The fraction of sp³-hybridized carbons (Fsp3) is 0.167. The Morgan fingerprint density at radius 3 is 2.50 bits per heavy atom. The van der Waals surface area contributed by atoms with Crippen LogP contribution < -0.4 is 4.24 Å². The van der Waals surface area contributed by atoms with E-state index in [1.807, 2.05) is 17.7 Å². The van der Waals surface area contributed by atoms with Crippen LogP contribution in [-0.4, -0.2) is 22.7 Å². The third kappa shape index (κ3) is 1.79. The van der Waals surface area contributed by atoms with Gasteiger partial charge in [0.1, 0.15) is 0 Å². The van der Waals surface area contributed by atoms with E-state index in [0.29, 0.717) is 0 Å². The Labute approximate surface area is 66.7 Å². The van der Waals surface area contributed by atoms with E-state index in [1.54, 1.807) is 6.07 Å². The molecule has 0 fully saturated rings. The predicted molar refractivity (Wildman–Crippen MR) is 34.6 cm³/mol. The number of rotatable bonds is 1. The molecule has 0 aliphatic rings. The first-order valence-electron chi connectivity index (χ1n) is 2.91. The van der Waals surface area contributed by atoms with Crippen LogP contribution in [0.2, 0.25) is 0 Å². The zero-order valence-electron chi connectivity index (χ0n) is 5.51. The number of halogens is 2. The van der Waals surface area contributed by atoms with Crippen LogP contribution in [0.15, 0.2) is 18.3 Å². The summed E-state index contributed by atoms with van der Waals surface area (Å²) in [6.45, 7) is 0. The number of aromatic nitrogens is 1. The van der Waals surface area contributed by atoms with E-state index in [9.17, 15) is 8.78 Å². The van der Waals surface area contributed by atoms with Gasteiger partial charge in [-0.05, 0) is 0 Å². The van der Waals surface area contributed by atoms with Crippen LogP contribution in [0.3, 0.4) is 0 Å². The molecule has 4 heteroatoms. The minimum absolute atomic E-state index is 0.161. The van der Waals surface area contributed by atoms with Crippen LogP contribution in [0.1, 0.15) is 12.1 Å². The van der Waals surface area contributed by atoms with Crippen LogP contribution in [0.5, 0.6) is 0 Å². The van der Waals surface area contributed by atoms with Crippen molar-refractivity contribution in [3.63, 3.8) is 0 Å². The summed E-state index contributed by atoms with van der Waals surface area (Å²) in [4.78, 5) is 3.53. The summed E-state index contributed by atoms with van der Waals surface area (Å²) in [5, 5.41) is 0. The Hall–Kier alpha value is -0.393. The van der Waals surface area contributed by atoms with E-state index in [0.717, 1.165) is 4.24 Å². The van der Waals surface area contributed by atoms with Gasteiger partial charge in [0.05, 0.1) is 0 Å². The van der Waals surface area contributed by atoms with Crippen molar-refractivity contribution in [1.82, 2.24) is 4.98 Å². The molecule has 0 amide bonds. The quantitative estimate of drug-likeness (QED) is 0.519. The maximum atomic E-state index is 11.8. The van der Waals surface area contributed by atoms with E-state index >= 15 is 0 Å². The summed E-state index contributed by atoms with van der Waals surface area (Å²) in [7, 11) is 0. The molecule has 0 saturated carbocycles. The molecule has 1 aromatic heterocycles. The summed E-state index contributed by atoms with van der Waals surface area (Å²) in [5.74, 6) is 0. The number of pyridine rings is 1. The molecule has 0 atom stereocenters. The average Bonchev–Trinajstić information content (AvgIpc) is 1.88. The summed E-state index contributed by atoms with van der Waals surface area (Å²) >= 11 is 1.81. The van der Waals surface area contributed by atoms with Crippen molar-refractivity contribution in [2.45, 2.75) is 6.43 Å². The topological polar surface area (TPSA) is 12.9 Å². The molecule has 0 radical (unpaired) electrons. The molecule has 1 nitrogen and oxygen atoms in total. The zero-order valence-corrected chi connectivity index (χ0v) is 5.51. The van der Waals surface area contributed by atoms with Crippen molar-refractivity contribution >= 4 is 22.0 Å². The monoisotopic (exact) mass is 135 g/mol. The Balaban J connectivity index is 2.89. The molecule has 0 aliphatic carbocycles. The fourth-order valence-corrected chi connectivity index (χ4v) is 0.608. The van der Waals surface area contributed by atoms with E-state index in [2.05, 4.69) is 4.98 Å². The van der Waals surface area contributed by atoms with Gasteiger partial charge in [0.2, 0.25) is 0 Å². The second-order valence-electron chi connectivity index (χ2n) is 2.06. The van der Waals surface area contributed by atoms with Gasteiger partial charge in [-0.25, -0.2) is 0 Å². The fourth-order valence-electron chi connectivity index (χ4n) is 0.608. The Morgan fingerprint density at radius 2 is 2.10 bits per heavy atom. The Kier molecular flexibility index (Phi) is 2.42. The molecule has 48 valence electrons. The Bertz CT molecular complexity index is 209. The first-order chi connectivity index (χ1) is 4.70. The SMILES string of the molecule is [Li][c]1ccc(C(F)F)nc1. The van der Waals surface area contributed by atoms with Crippen LogP contribution in [0.4, 0.5) is 8.78 Å². The molecule has 0 N–H and O–H groups in total. The second-order valence-corrected chi connectivity index (χ2v) is 2.06. The summed E-state index contributed by atoms with van der Waals surface area (Å²) in [5.41, 5.74) is -0.161. The van der Waals surface area contributed by atoms with Crippen molar-refractivity contribution in [1.29, 1.82) is 0 Å². The molecule has 1 aromatic rings. The summed E-state index contributed by atoms with van der Waals surface area (Å²) in [6.07, 6.45) is -1.03. The van der Waals surface area contributed by atoms with E-state index in [-0.39, 0.29) is 5.69 Å². The van der Waals surface area contributed by atoms with Crippen molar-refractivity contribution in [2.75, 3.05) is 0 Å². The van der Waals surface area contributed by atoms with Gasteiger partial charge in [0, 0.05) is 0 Å². The van der Waals surface area contributed by atoms with Crippen molar-refractivity contribution < 1.29 is 8.78 Å². The van der Waals surface area contributed by atoms with Gasteiger partial charge in [0.15, 0.2) is 0 Å². The number of hydrogen-bond donors (Lipinski definition) is 0. The van der Waals surface area contributed by atoms with Crippen LogP contribution in [0, 0.1) is 0 Å². The van der Waals surface area contributed by atoms with Gasteiger partial charge in [0.25, 0.3) is 0 Å². The summed E-state index contributed by atoms with van der Waals surface area (Å²) in [6, 6.07) is 2.95. The third-order valence-corrected chi connectivity index (χ3v) is 1.16. The minimum atomic E-state index is -2.46. The zero-order chi connectivity index (χ0) is 7.56. The molecular weight excluding hydrogens is 131 g/mol. The third-order valence-electron chi connectivity index (χ3n) is 1.16. The van der Waals surface area contributed by atoms with Crippen LogP contribution in [-0.2, 0) is 0 Å². The first-order valence-corrected chi connectivity index (χ1v) is 2.91. The van der Waals surface area contributed by atoms with E-state index in [1.165, 1.54) is 12.3 Å².